The SMILES string of the molecule is CCc1[nH]c(-c2ccc(F)cc2)nc1C(=O)N(C)OC. The number of amides is 1. The molecule has 2 aromatic rings. The summed E-state index contributed by atoms with van der Waals surface area (Å²) in [6.45, 7) is 1.92. The first-order valence-electron chi connectivity index (χ1n) is 6.23. The van der Waals surface area contributed by atoms with Crippen LogP contribution in [0.15, 0.2) is 24.3 Å². The van der Waals surface area contributed by atoms with Crippen molar-refractivity contribution in [1.82, 2.24) is 15.0 Å². The van der Waals surface area contributed by atoms with Crippen LogP contribution in [0.25, 0.3) is 11.4 Å². The third kappa shape index (κ3) is 2.70. The summed E-state index contributed by atoms with van der Waals surface area (Å²) in [5, 5.41) is 1.11. The molecule has 0 unspecified atom stereocenters. The highest BCUT2D eigenvalue weighted by molar-refractivity contribution is 5.93. The first-order chi connectivity index (χ1) is 9.56. The smallest absolute Gasteiger partial charge is 0.297 e. The summed E-state index contributed by atoms with van der Waals surface area (Å²) in [4.78, 5) is 24.4. The fraction of sp³-hybridized carbons (Fsp3) is 0.286. The lowest BCUT2D eigenvalue weighted by Crippen LogP contribution is -2.26. The Morgan fingerprint density at radius 3 is 2.60 bits per heavy atom. The molecule has 1 amide bonds. The number of rotatable bonds is 4. The van der Waals surface area contributed by atoms with E-state index in [9.17, 15) is 9.18 Å². The number of halogens is 1. The molecular formula is C14H16FN3O2. The van der Waals surface area contributed by atoms with Crippen LogP contribution >= 0.6 is 0 Å². The third-order valence-electron chi connectivity index (χ3n) is 3.01. The molecule has 1 aromatic carbocycles. The van der Waals surface area contributed by atoms with Crippen LogP contribution < -0.4 is 0 Å². The third-order valence-corrected chi connectivity index (χ3v) is 3.01. The number of aryl methyl sites for hydroxylation is 1. The van der Waals surface area contributed by atoms with Crippen LogP contribution in [0.5, 0.6) is 0 Å². The van der Waals surface area contributed by atoms with Gasteiger partial charge in [0, 0.05) is 18.3 Å². The number of benzene rings is 1. The van der Waals surface area contributed by atoms with E-state index in [0.717, 1.165) is 16.3 Å². The maximum absolute atomic E-state index is 12.9. The van der Waals surface area contributed by atoms with Gasteiger partial charge in [0.15, 0.2) is 5.69 Å². The molecule has 1 N–H and O–H groups in total. The molecule has 2 rings (SSSR count). The number of imidazole rings is 1. The summed E-state index contributed by atoms with van der Waals surface area (Å²) < 4.78 is 12.9. The second kappa shape index (κ2) is 5.83. The Kier molecular flexibility index (Phi) is 4.14. The molecule has 1 aromatic heterocycles. The molecule has 6 heteroatoms. The quantitative estimate of drug-likeness (QED) is 0.873. The molecule has 0 aliphatic rings. The van der Waals surface area contributed by atoms with Crippen LogP contribution in [0.3, 0.4) is 0 Å². The van der Waals surface area contributed by atoms with Crippen molar-refractivity contribution in [2.45, 2.75) is 13.3 Å². The molecule has 5 nitrogen and oxygen atoms in total. The van der Waals surface area contributed by atoms with Gasteiger partial charge in [-0.05, 0) is 30.7 Å². The van der Waals surface area contributed by atoms with Crippen molar-refractivity contribution >= 4 is 5.91 Å². The predicted molar refractivity (Wildman–Crippen MR) is 72.5 cm³/mol. The number of nitrogens with zero attached hydrogens (tertiary/aromatic N) is 2. The van der Waals surface area contributed by atoms with Gasteiger partial charge in [-0.1, -0.05) is 6.92 Å². The van der Waals surface area contributed by atoms with E-state index in [2.05, 4.69) is 9.97 Å². The highest BCUT2D eigenvalue weighted by atomic mass is 19.1. The summed E-state index contributed by atoms with van der Waals surface area (Å²) in [5.41, 5.74) is 1.76. The van der Waals surface area contributed by atoms with Gasteiger partial charge in [-0.3, -0.25) is 9.63 Å². The molecule has 0 bridgehead atoms. The summed E-state index contributed by atoms with van der Waals surface area (Å²) in [5.74, 6) is -0.102. The average molecular weight is 277 g/mol. The lowest BCUT2D eigenvalue weighted by molar-refractivity contribution is -0.0760. The van der Waals surface area contributed by atoms with Gasteiger partial charge < -0.3 is 4.98 Å². The minimum atomic E-state index is -0.325. The molecular weight excluding hydrogens is 261 g/mol. The first-order valence-corrected chi connectivity index (χ1v) is 6.23. The second-order valence-corrected chi connectivity index (χ2v) is 4.26. The monoisotopic (exact) mass is 277 g/mol. The number of carbonyl (C=O) groups excluding carboxylic acids is 1. The molecule has 0 spiro atoms. The van der Waals surface area contributed by atoms with Gasteiger partial charge in [-0.2, -0.15) is 0 Å². The van der Waals surface area contributed by atoms with Crippen LogP contribution in [0.1, 0.15) is 23.1 Å². The Balaban J connectivity index is 2.40. The maximum Gasteiger partial charge on any atom is 0.297 e. The van der Waals surface area contributed by atoms with Gasteiger partial charge >= 0.3 is 0 Å². The largest absolute Gasteiger partial charge is 0.341 e. The molecule has 0 radical (unpaired) electrons. The topological polar surface area (TPSA) is 58.2 Å². The highest BCUT2D eigenvalue weighted by Crippen LogP contribution is 2.20. The second-order valence-electron chi connectivity index (χ2n) is 4.26. The van der Waals surface area contributed by atoms with E-state index >= 15 is 0 Å². The Morgan fingerprint density at radius 1 is 1.40 bits per heavy atom. The van der Waals surface area contributed by atoms with Crippen molar-refractivity contribution in [3.05, 3.63) is 41.5 Å². The van der Waals surface area contributed by atoms with Gasteiger partial charge in [0.25, 0.3) is 5.91 Å². The number of carbonyl (C=O) groups is 1. The van der Waals surface area contributed by atoms with Crippen LogP contribution in [-0.4, -0.2) is 35.1 Å². The van der Waals surface area contributed by atoms with Crippen molar-refractivity contribution in [1.29, 1.82) is 0 Å². The van der Waals surface area contributed by atoms with Crippen LogP contribution in [0.2, 0.25) is 0 Å². The Hall–Kier alpha value is -2.21. The number of hydroxylamine groups is 2. The van der Waals surface area contributed by atoms with Gasteiger partial charge in [0.2, 0.25) is 0 Å². The Labute approximate surface area is 116 Å². The van der Waals surface area contributed by atoms with Gasteiger partial charge in [0.1, 0.15) is 11.6 Å². The number of aromatic nitrogens is 2. The minimum Gasteiger partial charge on any atom is -0.341 e. The fourth-order valence-electron chi connectivity index (χ4n) is 1.82. The normalized spacial score (nSPS) is 10.6. The van der Waals surface area contributed by atoms with E-state index in [1.807, 2.05) is 6.92 Å². The van der Waals surface area contributed by atoms with Crippen molar-refractivity contribution < 1.29 is 14.0 Å². The fourth-order valence-corrected chi connectivity index (χ4v) is 1.82. The molecule has 0 fully saturated rings. The summed E-state index contributed by atoms with van der Waals surface area (Å²) in [6.07, 6.45) is 0.632. The van der Waals surface area contributed by atoms with Gasteiger partial charge in [-0.25, -0.2) is 14.4 Å². The summed E-state index contributed by atoms with van der Waals surface area (Å²) >= 11 is 0. The molecule has 20 heavy (non-hydrogen) atoms. The van der Waals surface area contributed by atoms with E-state index in [1.165, 1.54) is 26.3 Å². The molecule has 1 heterocycles. The van der Waals surface area contributed by atoms with Crippen molar-refractivity contribution in [2.75, 3.05) is 14.2 Å². The number of hydrogen-bond donors (Lipinski definition) is 1. The zero-order valence-corrected chi connectivity index (χ0v) is 11.6. The Morgan fingerprint density at radius 2 is 2.05 bits per heavy atom. The predicted octanol–water partition coefficient (Wildman–Crippen LogP) is 2.41. The van der Waals surface area contributed by atoms with Gasteiger partial charge in [0.05, 0.1) is 7.11 Å². The standard InChI is InChI=1S/C14H16FN3O2/c1-4-11-12(14(19)18(2)20-3)17-13(16-11)9-5-7-10(15)8-6-9/h5-8H,4H2,1-3H3,(H,16,17). The minimum absolute atomic E-state index is 0.313. The number of hydrogen-bond acceptors (Lipinski definition) is 3. The molecule has 0 aliphatic heterocycles. The number of nitrogens with one attached hydrogen (secondary N) is 1. The summed E-state index contributed by atoms with van der Waals surface area (Å²) in [6, 6.07) is 5.93. The average Bonchev–Trinajstić information content (AvgIpc) is 2.90. The molecule has 0 aliphatic carbocycles. The molecule has 0 saturated heterocycles. The van der Waals surface area contributed by atoms with Crippen LogP contribution in [0, 0.1) is 5.82 Å². The van der Waals surface area contributed by atoms with Crippen LogP contribution in [0.4, 0.5) is 4.39 Å². The molecule has 106 valence electrons. The lowest BCUT2D eigenvalue weighted by atomic mass is 10.2. The Bertz CT molecular complexity index is 607. The zero-order chi connectivity index (χ0) is 14.7. The van der Waals surface area contributed by atoms with E-state index < -0.39 is 0 Å². The lowest BCUT2D eigenvalue weighted by Gasteiger charge is -2.12. The first kappa shape index (κ1) is 14.2. The van der Waals surface area contributed by atoms with E-state index in [1.54, 1.807) is 12.1 Å². The van der Waals surface area contributed by atoms with Gasteiger partial charge in [-0.15, -0.1) is 0 Å². The van der Waals surface area contributed by atoms with Crippen molar-refractivity contribution in [2.24, 2.45) is 0 Å². The van der Waals surface area contributed by atoms with E-state index in [-0.39, 0.29) is 11.7 Å². The van der Waals surface area contributed by atoms with E-state index in [0.29, 0.717) is 17.9 Å². The maximum atomic E-state index is 12.9. The van der Waals surface area contributed by atoms with Crippen molar-refractivity contribution in [3.8, 4) is 11.4 Å². The number of H-pyrrole nitrogens is 1. The molecule has 0 atom stereocenters. The number of aromatic amines is 1. The summed E-state index contributed by atoms with van der Waals surface area (Å²) in [7, 11) is 2.94. The highest BCUT2D eigenvalue weighted by Gasteiger charge is 2.20. The van der Waals surface area contributed by atoms with E-state index in [4.69, 9.17) is 4.84 Å². The zero-order valence-electron chi connectivity index (χ0n) is 11.6. The van der Waals surface area contributed by atoms with Crippen LogP contribution in [-0.2, 0) is 11.3 Å². The molecule has 0 saturated carbocycles. The van der Waals surface area contributed by atoms with Crippen molar-refractivity contribution in [3.63, 3.8) is 0 Å².